The van der Waals surface area contributed by atoms with Gasteiger partial charge in [0.25, 0.3) is 5.56 Å². The van der Waals surface area contributed by atoms with Crippen LogP contribution in [0.3, 0.4) is 0 Å². The van der Waals surface area contributed by atoms with Crippen LogP contribution in [0.5, 0.6) is 0 Å². The number of H-pyrrole nitrogens is 1. The summed E-state index contributed by atoms with van der Waals surface area (Å²) in [5.41, 5.74) is 0.283. The fraction of sp³-hybridized carbons (Fsp3) is 0.562. The summed E-state index contributed by atoms with van der Waals surface area (Å²) in [4.78, 5) is 26.4. The van der Waals surface area contributed by atoms with E-state index in [4.69, 9.17) is 9.15 Å². The Balaban J connectivity index is 1.77. The van der Waals surface area contributed by atoms with Crippen molar-refractivity contribution in [1.29, 1.82) is 0 Å². The van der Waals surface area contributed by atoms with Gasteiger partial charge < -0.3 is 9.15 Å². The van der Waals surface area contributed by atoms with Crippen molar-refractivity contribution in [3.8, 4) is 0 Å². The monoisotopic (exact) mass is 334 g/mol. The number of nitrogens with one attached hydrogen (secondary N) is 2. The first-order valence-electron chi connectivity index (χ1n) is 8.11. The van der Waals surface area contributed by atoms with Crippen LogP contribution < -0.4 is 10.9 Å². The Kier molecular flexibility index (Phi) is 4.68. The lowest BCUT2D eigenvalue weighted by atomic mass is 10.2. The number of nitrogens with zero attached hydrogens (tertiary/aromatic N) is 2. The highest BCUT2D eigenvalue weighted by atomic mass is 16.5. The van der Waals surface area contributed by atoms with E-state index >= 15 is 0 Å². The average Bonchev–Trinajstić information content (AvgIpc) is 2.88. The molecule has 130 valence electrons. The number of fused-ring (bicyclic) bond motifs is 1. The lowest BCUT2D eigenvalue weighted by Crippen LogP contribution is -2.45. The molecule has 8 nitrogen and oxygen atoms in total. The average molecular weight is 334 g/mol. The molecule has 0 bridgehead atoms. The molecule has 1 aliphatic rings. The van der Waals surface area contributed by atoms with Gasteiger partial charge in [0.05, 0.1) is 30.3 Å². The largest absolute Gasteiger partial charge is 0.444 e. The minimum absolute atomic E-state index is 0.162. The zero-order valence-corrected chi connectivity index (χ0v) is 14.1. The number of carbonyl (C=O) groups excluding carboxylic acids is 1. The quantitative estimate of drug-likeness (QED) is 0.871. The van der Waals surface area contributed by atoms with E-state index in [1.807, 2.05) is 4.90 Å². The van der Waals surface area contributed by atoms with Gasteiger partial charge in [-0.05, 0) is 20.3 Å². The highest BCUT2D eigenvalue weighted by Crippen LogP contribution is 2.28. The molecule has 0 radical (unpaired) electrons. The maximum Gasteiger partial charge on any atom is 0.277 e. The summed E-state index contributed by atoms with van der Waals surface area (Å²) in [6, 6.07) is 0. The number of hydrogen-bond donors (Lipinski definition) is 2. The van der Waals surface area contributed by atoms with Crippen LogP contribution >= 0.6 is 0 Å². The number of anilines is 1. The molecule has 3 rings (SSSR count). The molecule has 2 aromatic rings. The summed E-state index contributed by atoms with van der Waals surface area (Å²) in [6.45, 7) is 7.90. The van der Waals surface area contributed by atoms with Gasteiger partial charge in [0.1, 0.15) is 11.1 Å². The van der Waals surface area contributed by atoms with Gasteiger partial charge in [-0.1, -0.05) is 6.92 Å². The van der Waals surface area contributed by atoms with Gasteiger partial charge in [0.2, 0.25) is 11.8 Å². The number of aryl methyl sites for hydroxylation is 2. The Morgan fingerprint density at radius 2 is 2.21 bits per heavy atom. The van der Waals surface area contributed by atoms with Crippen LogP contribution in [0.15, 0.2) is 9.21 Å². The Hall–Kier alpha value is -2.19. The van der Waals surface area contributed by atoms with E-state index in [9.17, 15) is 9.59 Å². The summed E-state index contributed by atoms with van der Waals surface area (Å²) >= 11 is 0. The van der Waals surface area contributed by atoms with Crippen molar-refractivity contribution >= 4 is 22.6 Å². The number of ether oxygens (including phenoxy) is 1. The molecule has 0 aliphatic carbocycles. The molecular weight excluding hydrogens is 312 g/mol. The molecule has 1 saturated heterocycles. The van der Waals surface area contributed by atoms with E-state index in [1.165, 1.54) is 0 Å². The van der Waals surface area contributed by atoms with Gasteiger partial charge in [0.15, 0.2) is 0 Å². The molecule has 0 aromatic carbocycles. The van der Waals surface area contributed by atoms with Crippen LogP contribution in [0.2, 0.25) is 0 Å². The minimum atomic E-state index is -0.375. The third-order valence-corrected chi connectivity index (χ3v) is 4.30. The van der Waals surface area contributed by atoms with Gasteiger partial charge in [-0.3, -0.25) is 19.8 Å². The number of aromatic amines is 1. The second-order valence-corrected chi connectivity index (χ2v) is 6.06. The molecule has 3 heterocycles. The molecule has 1 fully saturated rings. The molecule has 1 amide bonds. The predicted molar refractivity (Wildman–Crippen MR) is 89.2 cm³/mol. The van der Waals surface area contributed by atoms with Crippen LogP contribution in [0.1, 0.15) is 24.8 Å². The second kappa shape index (κ2) is 6.74. The van der Waals surface area contributed by atoms with E-state index in [1.54, 1.807) is 13.8 Å². The summed E-state index contributed by atoms with van der Waals surface area (Å²) in [5.74, 6) is 0.532. The van der Waals surface area contributed by atoms with Crippen LogP contribution in [0.25, 0.3) is 10.8 Å². The summed E-state index contributed by atoms with van der Waals surface area (Å²) in [6.07, 6.45) is 1.08. The smallest absolute Gasteiger partial charge is 0.277 e. The third-order valence-electron chi connectivity index (χ3n) is 4.30. The molecule has 24 heavy (non-hydrogen) atoms. The highest BCUT2D eigenvalue weighted by molar-refractivity contribution is 6.01. The number of aromatic nitrogens is 2. The normalized spacial score (nSPS) is 18.9. The standard InChI is InChI=1S/C16H22N4O4/c1-4-11-7-20(5-6-23-11)8-12(21)17-16-14-13(10(3)24-16)9(2)18-19-15(14)22/h11H,4-8H2,1-3H3,(H,17,21)(H,19,22)/t11-/m0/s1. The molecule has 0 spiro atoms. The van der Waals surface area contributed by atoms with E-state index in [-0.39, 0.29) is 30.0 Å². The summed E-state index contributed by atoms with van der Waals surface area (Å²) < 4.78 is 11.2. The lowest BCUT2D eigenvalue weighted by Gasteiger charge is -2.31. The van der Waals surface area contributed by atoms with Crippen molar-refractivity contribution in [2.24, 2.45) is 0 Å². The van der Waals surface area contributed by atoms with E-state index in [0.29, 0.717) is 35.4 Å². The van der Waals surface area contributed by atoms with Gasteiger partial charge >= 0.3 is 0 Å². The Bertz CT molecular complexity index is 810. The van der Waals surface area contributed by atoms with Crippen molar-refractivity contribution in [2.45, 2.75) is 33.3 Å². The number of amides is 1. The highest BCUT2D eigenvalue weighted by Gasteiger charge is 2.23. The van der Waals surface area contributed by atoms with Gasteiger partial charge in [-0.15, -0.1) is 0 Å². The number of morpholine rings is 1. The summed E-state index contributed by atoms with van der Waals surface area (Å²) in [7, 11) is 0. The molecule has 2 N–H and O–H groups in total. The Labute approximate surface area is 139 Å². The molecule has 0 unspecified atom stereocenters. The Morgan fingerprint density at radius 1 is 1.42 bits per heavy atom. The van der Waals surface area contributed by atoms with Crippen molar-refractivity contribution in [1.82, 2.24) is 15.1 Å². The molecule has 1 atom stereocenters. The lowest BCUT2D eigenvalue weighted by molar-refractivity contribution is -0.119. The Morgan fingerprint density at radius 3 is 2.96 bits per heavy atom. The topological polar surface area (TPSA) is 100 Å². The maximum atomic E-state index is 12.3. The summed E-state index contributed by atoms with van der Waals surface area (Å²) in [5, 5.41) is 10.1. The molecular formula is C16H22N4O4. The van der Waals surface area contributed by atoms with E-state index in [2.05, 4.69) is 22.4 Å². The molecule has 2 aromatic heterocycles. The second-order valence-electron chi connectivity index (χ2n) is 6.06. The fourth-order valence-electron chi connectivity index (χ4n) is 3.07. The zero-order valence-electron chi connectivity index (χ0n) is 14.1. The van der Waals surface area contributed by atoms with Gasteiger partial charge in [-0.25, -0.2) is 5.10 Å². The number of furan rings is 1. The van der Waals surface area contributed by atoms with E-state index < -0.39 is 0 Å². The van der Waals surface area contributed by atoms with E-state index in [0.717, 1.165) is 13.0 Å². The predicted octanol–water partition coefficient (Wildman–Crippen LogP) is 1.18. The van der Waals surface area contributed by atoms with Gasteiger partial charge in [-0.2, -0.15) is 5.10 Å². The van der Waals surface area contributed by atoms with Crippen LogP contribution in [-0.2, 0) is 9.53 Å². The van der Waals surface area contributed by atoms with Crippen molar-refractivity contribution in [2.75, 3.05) is 31.6 Å². The van der Waals surface area contributed by atoms with Crippen molar-refractivity contribution in [3.05, 3.63) is 21.8 Å². The third kappa shape index (κ3) is 3.20. The fourth-order valence-corrected chi connectivity index (χ4v) is 3.07. The number of hydrogen-bond acceptors (Lipinski definition) is 6. The van der Waals surface area contributed by atoms with Crippen molar-refractivity contribution < 1.29 is 13.9 Å². The maximum absolute atomic E-state index is 12.3. The van der Waals surface area contributed by atoms with Crippen LogP contribution in [0, 0.1) is 13.8 Å². The first kappa shape index (κ1) is 16.7. The molecule has 8 heteroatoms. The first-order chi connectivity index (χ1) is 11.5. The van der Waals surface area contributed by atoms with Crippen molar-refractivity contribution in [3.63, 3.8) is 0 Å². The molecule has 1 aliphatic heterocycles. The minimum Gasteiger partial charge on any atom is -0.444 e. The first-order valence-corrected chi connectivity index (χ1v) is 8.11. The van der Waals surface area contributed by atoms with Crippen LogP contribution in [0.4, 0.5) is 5.88 Å². The zero-order chi connectivity index (χ0) is 17.3. The number of rotatable bonds is 4. The molecule has 0 saturated carbocycles. The van der Waals surface area contributed by atoms with Gasteiger partial charge in [0, 0.05) is 13.1 Å². The number of carbonyl (C=O) groups is 1. The van der Waals surface area contributed by atoms with Crippen LogP contribution in [-0.4, -0.2) is 53.3 Å². The SMILES string of the molecule is CC[C@H]1CN(CC(=O)Nc2oc(C)c3c(C)n[nH]c(=O)c23)CCO1.